The molecule has 1 aromatic carbocycles. The Morgan fingerprint density at radius 1 is 1.23 bits per heavy atom. The van der Waals surface area contributed by atoms with Crippen LogP contribution in [-0.4, -0.2) is 35.8 Å². The number of aromatic nitrogens is 2. The van der Waals surface area contributed by atoms with Crippen LogP contribution in [0.3, 0.4) is 0 Å². The zero-order valence-electron chi connectivity index (χ0n) is 17.2. The van der Waals surface area contributed by atoms with Gasteiger partial charge in [0.15, 0.2) is 0 Å². The van der Waals surface area contributed by atoms with Crippen LogP contribution >= 0.6 is 0 Å². The van der Waals surface area contributed by atoms with Crippen molar-refractivity contribution in [3.63, 3.8) is 0 Å². The van der Waals surface area contributed by atoms with Crippen molar-refractivity contribution >= 4 is 15.9 Å². The molecule has 1 N–H and O–H groups in total. The maximum atomic E-state index is 12.9. The fraction of sp³-hybridized carbons (Fsp3) is 0.318. The minimum Gasteiger partial charge on any atom is -0.419 e. The number of nitriles is 1. The number of sulfonamides is 1. The SMILES string of the molecule is CC1CCN(S(=O)(=O)c2ccc(-c3nc(C#N)c(NCc4cccnc4)o3)cc2)CC1. The largest absolute Gasteiger partial charge is 0.419 e. The van der Waals surface area contributed by atoms with E-state index in [1.165, 1.54) is 0 Å². The predicted molar refractivity (Wildman–Crippen MR) is 115 cm³/mol. The molecule has 0 atom stereocenters. The fourth-order valence-corrected chi connectivity index (χ4v) is 4.94. The summed E-state index contributed by atoms with van der Waals surface area (Å²) in [6.07, 6.45) is 5.16. The molecule has 0 radical (unpaired) electrons. The quantitative estimate of drug-likeness (QED) is 0.626. The fourth-order valence-electron chi connectivity index (χ4n) is 3.47. The van der Waals surface area contributed by atoms with Crippen molar-refractivity contribution in [1.82, 2.24) is 14.3 Å². The van der Waals surface area contributed by atoms with Gasteiger partial charge in [0, 0.05) is 37.6 Å². The first-order valence-electron chi connectivity index (χ1n) is 10.1. The standard InChI is InChI=1S/C22H23N5O3S/c1-16-8-11-27(12-9-16)31(28,29)19-6-4-18(5-7-19)21-26-20(13-23)22(30-21)25-15-17-3-2-10-24-14-17/h2-7,10,14,16,25H,8-9,11-12,15H2,1H3. The Hall–Kier alpha value is -3.22. The maximum absolute atomic E-state index is 12.9. The Kier molecular flexibility index (Phi) is 6.02. The summed E-state index contributed by atoms with van der Waals surface area (Å²) in [4.78, 5) is 8.53. The summed E-state index contributed by atoms with van der Waals surface area (Å²) in [5.74, 6) is 1.07. The zero-order valence-corrected chi connectivity index (χ0v) is 18.0. The number of hydrogen-bond acceptors (Lipinski definition) is 7. The molecule has 4 rings (SSSR count). The molecule has 0 amide bonds. The second kappa shape index (κ2) is 8.88. The highest BCUT2D eigenvalue weighted by atomic mass is 32.2. The van der Waals surface area contributed by atoms with E-state index >= 15 is 0 Å². The summed E-state index contributed by atoms with van der Waals surface area (Å²) in [6.45, 7) is 3.66. The van der Waals surface area contributed by atoms with Crippen LogP contribution in [0.5, 0.6) is 0 Å². The van der Waals surface area contributed by atoms with Crippen LogP contribution < -0.4 is 5.32 Å². The molecule has 8 nitrogen and oxygen atoms in total. The van der Waals surface area contributed by atoms with E-state index in [0.717, 1.165) is 18.4 Å². The van der Waals surface area contributed by atoms with Crippen molar-refractivity contribution in [2.75, 3.05) is 18.4 Å². The summed E-state index contributed by atoms with van der Waals surface area (Å²) in [5.41, 5.74) is 1.67. The van der Waals surface area contributed by atoms with E-state index in [1.807, 2.05) is 18.2 Å². The summed E-state index contributed by atoms with van der Waals surface area (Å²) >= 11 is 0. The second-order valence-electron chi connectivity index (χ2n) is 7.63. The van der Waals surface area contributed by atoms with Gasteiger partial charge >= 0.3 is 0 Å². The number of piperidine rings is 1. The van der Waals surface area contributed by atoms with Gasteiger partial charge in [-0.15, -0.1) is 0 Å². The molecule has 1 saturated heterocycles. The van der Waals surface area contributed by atoms with Gasteiger partial charge < -0.3 is 9.73 Å². The van der Waals surface area contributed by atoms with Gasteiger partial charge in [-0.3, -0.25) is 4.98 Å². The number of anilines is 1. The minimum atomic E-state index is -3.52. The molecule has 160 valence electrons. The van der Waals surface area contributed by atoms with Gasteiger partial charge in [-0.25, -0.2) is 8.42 Å². The Bertz CT molecular complexity index is 1180. The van der Waals surface area contributed by atoms with Gasteiger partial charge in [0.1, 0.15) is 6.07 Å². The molecule has 0 bridgehead atoms. The normalized spacial score (nSPS) is 15.5. The molecule has 2 aromatic heterocycles. The van der Waals surface area contributed by atoms with Crippen LogP contribution in [-0.2, 0) is 16.6 Å². The lowest BCUT2D eigenvalue weighted by molar-refractivity contribution is 0.288. The van der Waals surface area contributed by atoms with E-state index in [-0.39, 0.29) is 22.4 Å². The molecule has 0 saturated carbocycles. The molecule has 0 aliphatic carbocycles. The van der Waals surface area contributed by atoms with E-state index < -0.39 is 10.0 Å². The number of rotatable bonds is 6. The van der Waals surface area contributed by atoms with E-state index in [9.17, 15) is 13.7 Å². The number of nitrogens with zero attached hydrogens (tertiary/aromatic N) is 4. The number of hydrogen-bond donors (Lipinski definition) is 1. The lowest BCUT2D eigenvalue weighted by Gasteiger charge is -2.29. The molecule has 1 aliphatic rings. The third kappa shape index (κ3) is 4.60. The van der Waals surface area contributed by atoms with Crippen LogP contribution in [0.4, 0.5) is 5.88 Å². The van der Waals surface area contributed by atoms with E-state index in [0.29, 0.717) is 31.1 Å². The molecule has 3 aromatic rings. The molecule has 31 heavy (non-hydrogen) atoms. The van der Waals surface area contributed by atoms with Crippen LogP contribution in [0.2, 0.25) is 0 Å². The number of benzene rings is 1. The first-order chi connectivity index (χ1) is 15.0. The van der Waals surface area contributed by atoms with Gasteiger partial charge in [-0.05, 0) is 54.7 Å². The first kappa shape index (κ1) is 21.0. The van der Waals surface area contributed by atoms with Gasteiger partial charge in [-0.1, -0.05) is 13.0 Å². The van der Waals surface area contributed by atoms with Crippen molar-refractivity contribution in [2.24, 2.45) is 5.92 Å². The third-order valence-corrected chi connectivity index (χ3v) is 7.30. The number of nitrogens with one attached hydrogen (secondary N) is 1. The highest BCUT2D eigenvalue weighted by molar-refractivity contribution is 7.89. The minimum absolute atomic E-state index is 0.137. The molecule has 1 fully saturated rings. The van der Waals surface area contributed by atoms with Gasteiger partial charge in [-0.2, -0.15) is 14.6 Å². The van der Waals surface area contributed by atoms with E-state index in [1.54, 1.807) is 41.0 Å². The predicted octanol–water partition coefficient (Wildman–Crippen LogP) is 3.64. The second-order valence-corrected chi connectivity index (χ2v) is 9.57. The van der Waals surface area contributed by atoms with Crippen molar-refractivity contribution in [3.8, 4) is 17.5 Å². The van der Waals surface area contributed by atoms with Crippen molar-refractivity contribution in [3.05, 3.63) is 60.0 Å². The van der Waals surface area contributed by atoms with E-state index in [2.05, 4.69) is 22.2 Å². The van der Waals surface area contributed by atoms with Gasteiger partial charge in [0.2, 0.25) is 27.5 Å². The highest BCUT2D eigenvalue weighted by Gasteiger charge is 2.28. The molecule has 9 heteroatoms. The average molecular weight is 438 g/mol. The first-order valence-corrected chi connectivity index (χ1v) is 11.6. The smallest absolute Gasteiger partial charge is 0.243 e. The van der Waals surface area contributed by atoms with Crippen LogP contribution in [0.1, 0.15) is 31.0 Å². The van der Waals surface area contributed by atoms with Crippen molar-refractivity contribution < 1.29 is 12.8 Å². The van der Waals surface area contributed by atoms with Crippen molar-refractivity contribution in [2.45, 2.75) is 31.2 Å². The zero-order chi connectivity index (χ0) is 21.8. The molecule has 0 spiro atoms. The topological polar surface area (TPSA) is 112 Å². The number of oxazole rings is 1. The molecular formula is C22H23N5O3S. The number of pyridine rings is 1. The van der Waals surface area contributed by atoms with Crippen LogP contribution in [0.15, 0.2) is 58.1 Å². The molecule has 3 heterocycles. The van der Waals surface area contributed by atoms with Gasteiger partial charge in [0.25, 0.3) is 0 Å². The summed E-state index contributed by atoms with van der Waals surface area (Å²) in [5, 5.41) is 12.4. The maximum Gasteiger partial charge on any atom is 0.243 e. The molecular weight excluding hydrogens is 414 g/mol. The molecule has 1 aliphatic heterocycles. The highest BCUT2D eigenvalue weighted by Crippen LogP contribution is 2.28. The average Bonchev–Trinajstić information content (AvgIpc) is 3.22. The van der Waals surface area contributed by atoms with E-state index in [4.69, 9.17) is 4.42 Å². The summed E-state index contributed by atoms with van der Waals surface area (Å²) in [6, 6.07) is 12.2. The Morgan fingerprint density at radius 3 is 2.61 bits per heavy atom. The third-order valence-electron chi connectivity index (χ3n) is 5.39. The molecule has 0 unspecified atom stereocenters. The van der Waals surface area contributed by atoms with Crippen LogP contribution in [0, 0.1) is 17.2 Å². The lowest BCUT2D eigenvalue weighted by atomic mass is 10.0. The van der Waals surface area contributed by atoms with Crippen LogP contribution in [0.25, 0.3) is 11.5 Å². The van der Waals surface area contributed by atoms with Crippen molar-refractivity contribution in [1.29, 1.82) is 5.26 Å². The lowest BCUT2D eigenvalue weighted by Crippen LogP contribution is -2.37. The monoisotopic (exact) mass is 437 g/mol. The summed E-state index contributed by atoms with van der Waals surface area (Å²) in [7, 11) is -3.52. The summed E-state index contributed by atoms with van der Waals surface area (Å²) < 4.78 is 33.1. The Labute approximate surface area is 181 Å². The Morgan fingerprint density at radius 2 is 1.97 bits per heavy atom. The van der Waals surface area contributed by atoms with Gasteiger partial charge in [0.05, 0.1) is 4.90 Å². The Balaban J connectivity index is 1.51.